The number of rotatable bonds is 17. The lowest BCUT2D eigenvalue weighted by Gasteiger charge is -2.31. The maximum Gasteiger partial charge on any atom is 0.303 e. The second kappa shape index (κ2) is 16.8. The van der Waals surface area contributed by atoms with Crippen LogP contribution in [0.5, 0.6) is 0 Å². The number of hydrogen-bond acceptors (Lipinski definition) is 4. The molecule has 0 amide bonds. The highest BCUT2D eigenvalue weighted by atomic mass is 16.4. The van der Waals surface area contributed by atoms with E-state index in [0.717, 1.165) is 58.5 Å². The smallest absolute Gasteiger partial charge is 0.303 e. The van der Waals surface area contributed by atoms with Crippen LogP contribution < -0.4 is 15.1 Å². The Hall–Kier alpha value is -3.31. The SMILES string of the molecule is Cc1cc(C)c(N(CCCCN(Cc2ccc(C(C)(C)C)cc2)c2c(C)cc(C)cc2C)CCCNCCCC(=O)O)c(C)c1. The largest absolute Gasteiger partial charge is 0.481 e. The summed E-state index contributed by atoms with van der Waals surface area (Å²) in [6.07, 6.45) is 4.15. The molecular weight excluding hydrogens is 554 g/mol. The van der Waals surface area contributed by atoms with Gasteiger partial charge in [0.05, 0.1) is 0 Å². The second-order valence-electron chi connectivity index (χ2n) is 14.2. The maximum atomic E-state index is 10.8. The topological polar surface area (TPSA) is 55.8 Å². The van der Waals surface area contributed by atoms with E-state index < -0.39 is 5.97 Å². The molecule has 5 nitrogen and oxygen atoms in total. The molecule has 0 radical (unpaired) electrons. The number of nitrogens with one attached hydrogen (secondary N) is 1. The summed E-state index contributed by atoms with van der Waals surface area (Å²) in [6, 6.07) is 18.5. The third-order valence-electron chi connectivity index (χ3n) is 8.73. The van der Waals surface area contributed by atoms with Crippen molar-refractivity contribution in [1.29, 1.82) is 0 Å². The van der Waals surface area contributed by atoms with E-state index in [1.807, 2.05) is 0 Å². The highest BCUT2D eigenvalue weighted by molar-refractivity contribution is 5.66. The van der Waals surface area contributed by atoms with Crippen LogP contribution in [0.25, 0.3) is 0 Å². The average molecular weight is 614 g/mol. The normalized spacial score (nSPS) is 11.6. The summed E-state index contributed by atoms with van der Waals surface area (Å²) >= 11 is 0. The van der Waals surface area contributed by atoms with Crippen LogP contribution in [-0.2, 0) is 16.8 Å². The molecule has 2 N–H and O–H groups in total. The fraction of sp³-hybridized carbons (Fsp3) is 0.525. The third-order valence-corrected chi connectivity index (χ3v) is 8.73. The molecule has 3 rings (SSSR count). The summed E-state index contributed by atoms with van der Waals surface area (Å²) < 4.78 is 0. The van der Waals surface area contributed by atoms with Gasteiger partial charge in [0.2, 0.25) is 0 Å². The van der Waals surface area contributed by atoms with Gasteiger partial charge in [0, 0.05) is 44.0 Å². The van der Waals surface area contributed by atoms with Gasteiger partial charge < -0.3 is 20.2 Å². The minimum Gasteiger partial charge on any atom is -0.481 e. The molecule has 0 saturated carbocycles. The Morgan fingerprint density at radius 1 is 0.667 bits per heavy atom. The fourth-order valence-corrected chi connectivity index (χ4v) is 6.77. The summed E-state index contributed by atoms with van der Waals surface area (Å²) in [4.78, 5) is 16.0. The monoisotopic (exact) mass is 613 g/mol. The Labute approximate surface area is 274 Å². The molecule has 0 fully saturated rings. The minimum atomic E-state index is -0.724. The van der Waals surface area contributed by atoms with Gasteiger partial charge in [-0.1, -0.05) is 80.4 Å². The predicted molar refractivity (Wildman–Crippen MR) is 193 cm³/mol. The molecule has 0 saturated heterocycles. The third kappa shape index (κ3) is 11.2. The maximum absolute atomic E-state index is 10.8. The summed E-state index contributed by atoms with van der Waals surface area (Å²) in [7, 11) is 0. The van der Waals surface area contributed by atoms with Crippen LogP contribution in [0.2, 0.25) is 0 Å². The summed E-state index contributed by atoms with van der Waals surface area (Å²) in [5, 5.41) is 12.3. The van der Waals surface area contributed by atoms with Crippen molar-refractivity contribution in [2.45, 2.75) is 106 Å². The van der Waals surface area contributed by atoms with E-state index in [1.54, 1.807) is 0 Å². The van der Waals surface area contributed by atoms with Gasteiger partial charge in [-0.3, -0.25) is 4.79 Å². The molecule has 0 unspecified atom stereocenters. The number of benzene rings is 3. The predicted octanol–water partition coefficient (Wildman–Crippen LogP) is 8.97. The Kier molecular flexibility index (Phi) is 13.5. The fourth-order valence-electron chi connectivity index (χ4n) is 6.77. The zero-order valence-electron chi connectivity index (χ0n) is 29.6. The van der Waals surface area contributed by atoms with Crippen molar-refractivity contribution < 1.29 is 9.90 Å². The first-order chi connectivity index (χ1) is 21.3. The van der Waals surface area contributed by atoms with E-state index in [-0.39, 0.29) is 11.8 Å². The van der Waals surface area contributed by atoms with Crippen LogP contribution in [0, 0.1) is 41.5 Å². The molecule has 0 spiro atoms. The quantitative estimate of drug-likeness (QED) is 0.149. The van der Waals surface area contributed by atoms with Gasteiger partial charge in [-0.05, 0) is 119 Å². The summed E-state index contributed by atoms with van der Waals surface area (Å²) in [5.74, 6) is -0.724. The van der Waals surface area contributed by atoms with Crippen LogP contribution in [-0.4, -0.2) is 43.8 Å². The van der Waals surface area contributed by atoms with Crippen molar-refractivity contribution in [3.05, 3.63) is 93.0 Å². The van der Waals surface area contributed by atoms with Gasteiger partial charge >= 0.3 is 5.97 Å². The lowest BCUT2D eigenvalue weighted by atomic mass is 9.86. The molecular formula is C40H59N3O2. The molecule has 45 heavy (non-hydrogen) atoms. The molecule has 3 aromatic carbocycles. The van der Waals surface area contributed by atoms with Crippen molar-refractivity contribution in [1.82, 2.24) is 5.32 Å². The Morgan fingerprint density at radius 3 is 1.60 bits per heavy atom. The second-order valence-corrected chi connectivity index (χ2v) is 14.2. The molecule has 0 heterocycles. The van der Waals surface area contributed by atoms with E-state index in [9.17, 15) is 4.79 Å². The lowest BCUT2D eigenvalue weighted by molar-refractivity contribution is -0.137. The first-order valence-electron chi connectivity index (χ1n) is 16.9. The van der Waals surface area contributed by atoms with Gasteiger partial charge in [0.1, 0.15) is 0 Å². The van der Waals surface area contributed by atoms with Crippen LogP contribution >= 0.6 is 0 Å². The molecule has 3 aromatic rings. The van der Waals surface area contributed by atoms with E-state index in [1.165, 1.54) is 55.9 Å². The standard InChI is InChI=1S/C40H59N3O2/c1-29-24-31(3)38(32(4)25-29)42(23-13-20-41-19-12-14-37(44)45)21-10-11-22-43(39-33(5)26-30(2)27-34(39)6)28-35-15-17-36(18-16-35)40(7,8)9/h15-18,24-27,41H,10-14,19-23,28H2,1-9H3,(H,44,45). The van der Waals surface area contributed by atoms with Gasteiger partial charge in [0.15, 0.2) is 0 Å². The lowest BCUT2D eigenvalue weighted by Crippen LogP contribution is -2.31. The number of unbranched alkanes of at least 4 members (excludes halogenated alkanes) is 1. The number of carboxylic acid groups (broad SMARTS) is 1. The number of aliphatic carboxylic acids is 1. The van der Waals surface area contributed by atoms with E-state index in [0.29, 0.717) is 6.42 Å². The van der Waals surface area contributed by atoms with Crippen molar-refractivity contribution in [3.8, 4) is 0 Å². The summed E-state index contributed by atoms with van der Waals surface area (Å²) in [6.45, 7) is 25.7. The van der Waals surface area contributed by atoms with Crippen molar-refractivity contribution in [3.63, 3.8) is 0 Å². The number of aryl methyl sites for hydroxylation is 6. The number of carbonyl (C=O) groups is 1. The first kappa shape index (κ1) is 36.2. The van der Waals surface area contributed by atoms with Crippen LogP contribution in [0.1, 0.15) is 97.4 Å². The molecule has 0 aliphatic carbocycles. The molecule has 0 bridgehead atoms. The highest BCUT2D eigenvalue weighted by Gasteiger charge is 2.17. The van der Waals surface area contributed by atoms with Crippen molar-refractivity contribution >= 4 is 17.3 Å². The molecule has 0 aromatic heterocycles. The van der Waals surface area contributed by atoms with Crippen LogP contribution in [0.15, 0.2) is 48.5 Å². The number of nitrogens with zero attached hydrogens (tertiary/aromatic N) is 2. The van der Waals surface area contributed by atoms with Crippen LogP contribution in [0.3, 0.4) is 0 Å². The molecule has 5 heteroatoms. The highest BCUT2D eigenvalue weighted by Crippen LogP contribution is 2.30. The molecule has 0 aliphatic heterocycles. The zero-order valence-corrected chi connectivity index (χ0v) is 29.6. The average Bonchev–Trinajstić information content (AvgIpc) is 2.92. The van der Waals surface area contributed by atoms with E-state index in [2.05, 4.69) is 126 Å². The van der Waals surface area contributed by atoms with Crippen LogP contribution in [0.4, 0.5) is 11.4 Å². The Morgan fingerprint density at radius 2 is 1.11 bits per heavy atom. The zero-order chi connectivity index (χ0) is 33.1. The van der Waals surface area contributed by atoms with Gasteiger partial charge in [0.25, 0.3) is 0 Å². The van der Waals surface area contributed by atoms with E-state index >= 15 is 0 Å². The van der Waals surface area contributed by atoms with E-state index in [4.69, 9.17) is 5.11 Å². The Balaban J connectivity index is 1.72. The van der Waals surface area contributed by atoms with Gasteiger partial charge in [-0.25, -0.2) is 0 Å². The number of carboxylic acids is 1. The first-order valence-corrected chi connectivity index (χ1v) is 16.9. The molecule has 0 aliphatic rings. The van der Waals surface area contributed by atoms with Crippen molar-refractivity contribution in [2.24, 2.45) is 0 Å². The Bertz CT molecular complexity index is 1340. The minimum absolute atomic E-state index is 0.152. The molecule has 0 atom stereocenters. The van der Waals surface area contributed by atoms with Crippen molar-refractivity contribution in [2.75, 3.05) is 42.5 Å². The number of hydrogen-bond donors (Lipinski definition) is 2. The summed E-state index contributed by atoms with van der Waals surface area (Å²) in [5.41, 5.74) is 13.6. The van der Waals surface area contributed by atoms with Gasteiger partial charge in [-0.15, -0.1) is 0 Å². The number of anilines is 2. The van der Waals surface area contributed by atoms with Gasteiger partial charge in [-0.2, -0.15) is 0 Å². The molecule has 246 valence electrons.